The number of hydrogen-bond acceptors (Lipinski definition) is 2. The van der Waals surface area contributed by atoms with Crippen molar-refractivity contribution in [2.24, 2.45) is 7.05 Å². The summed E-state index contributed by atoms with van der Waals surface area (Å²) in [6, 6.07) is 9.14. The third-order valence-corrected chi connectivity index (χ3v) is 4.34. The molecule has 0 amide bonds. The van der Waals surface area contributed by atoms with Crippen molar-refractivity contribution in [1.82, 2.24) is 15.1 Å². The topological polar surface area (TPSA) is 29.9 Å². The number of nitrogens with one attached hydrogen (secondary N) is 1. The Bertz CT molecular complexity index is 577. The van der Waals surface area contributed by atoms with Crippen molar-refractivity contribution in [3.63, 3.8) is 0 Å². The van der Waals surface area contributed by atoms with E-state index >= 15 is 0 Å². The Kier molecular flexibility index (Phi) is 5.00. The Morgan fingerprint density at radius 2 is 2.15 bits per heavy atom. The second kappa shape index (κ2) is 6.55. The highest BCUT2D eigenvalue weighted by molar-refractivity contribution is 9.10. The summed E-state index contributed by atoms with van der Waals surface area (Å²) in [5, 5.41) is 8.03. The van der Waals surface area contributed by atoms with Crippen LogP contribution in [-0.2, 0) is 7.05 Å². The number of benzene rings is 1. The smallest absolute Gasteiger partial charge is 0.0540 e. The monoisotopic (exact) mass is 335 g/mol. The lowest BCUT2D eigenvalue weighted by Gasteiger charge is -2.23. The standard InChI is InChI=1S/C16H22BrN3/c1-5-16(13-7-6-8-14(17)9-13)19-11(2)15-10-18-20(4)12(15)3/h6-11,16,19H,5H2,1-4H3. The molecule has 2 aromatic rings. The molecule has 4 heteroatoms. The van der Waals surface area contributed by atoms with Gasteiger partial charge in [-0.3, -0.25) is 4.68 Å². The quantitative estimate of drug-likeness (QED) is 0.883. The molecule has 3 nitrogen and oxygen atoms in total. The molecule has 0 aliphatic rings. The van der Waals surface area contributed by atoms with Gasteiger partial charge in [0.15, 0.2) is 0 Å². The number of aryl methyl sites for hydroxylation is 1. The highest BCUT2D eigenvalue weighted by Gasteiger charge is 2.17. The van der Waals surface area contributed by atoms with Gasteiger partial charge >= 0.3 is 0 Å². The van der Waals surface area contributed by atoms with Gasteiger partial charge in [-0.1, -0.05) is 35.0 Å². The molecule has 0 aliphatic heterocycles. The first-order valence-electron chi connectivity index (χ1n) is 7.03. The molecule has 1 aromatic heterocycles. The summed E-state index contributed by atoms with van der Waals surface area (Å²) in [5.74, 6) is 0. The molecule has 2 atom stereocenters. The number of halogens is 1. The Morgan fingerprint density at radius 3 is 2.70 bits per heavy atom. The first-order valence-corrected chi connectivity index (χ1v) is 7.82. The highest BCUT2D eigenvalue weighted by atomic mass is 79.9. The van der Waals surface area contributed by atoms with Crippen LogP contribution in [0.3, 0.4) is 0 Å². The van der Waals surface area contributed by atoms with Crippen LogP contribution in [0.1, 0.15) is 49.2 Å². The Balaban J connectivity index is 2.16. The van der Waals surface area contributed by atoms with Gasteiger partial charge < -0.3 is 5.32 Å². The van der Waals surface area contributed by atoms with Gasteiger partial charge in [-0.15, -0.1) is 0 Å². The van der Waals surface area contributed by atoms with Crippen LogP contribution in [-0.4, -0.2) is 9.78 Å². The van der Waals surface area contributed by atoms with Crippen molar-refractivity contribution in [2.45, 2.75) is 39.3 Å². The van der Waals surface area contributed by atoms with E-state index in [1.807, 2.05) is 17.9 Å². The molecule has 0 spiro atoms. The highest BCUT2D eigenvalue weighted by Crippen LogP contribution is 2.25. The van der Waals surface area contributed by atoms with Crippen LogP contribution in [0, 0.1) is 6.92 Å². The Hall–Kier alpha value is -1.13. The maximum atomic E-state index is 4.33. The van der Waals surface area contributed by atoms with Crippen LogP contribution >= 0.6 is 15.9 Å². The normalized spacial score (nSPS) is 14.2. The fourth-order valence-corrected chi connectivity index (χ4v) is 2.92. The van der Waals surface area contributed by atoms with Gasteiger partial charge in [-0.25, -0.2) is 0 Å². The van der Waals surface area contributed by atoms with Crippen LogP contribution in [0.2, 0.25) is 0 Å². The molecule has 0 radical (unpaired) electrons. The van der Waals surface area contributed by atoms with E-state index < -0.39 is 0 Å². The molecular weight excluding hydrogens is 314 g/mol. The predicted molar refractivity (Wildman–Crippen MR) is 86.7 cm³/mol. The number of rotatable bonds is 5. The van der Waals surface area contributed by atoms with Crippen LogP contribution < -0.4 is 5.32 Å². The number of aromatic nitrogens is 2. The van der Waals surface area contributed by atoms with E-state index in [0.29, 0.717) is 6.04 Å². The zero-order valence-electron chi connectivity index (χ0n) is 12.5. The summed E-state index contributed by atoms with van der Waals surface area (Å²) in [6.07, 6.45) is 3.01. The SMILES string of the molecule is CCC(NC(C)c1cnn(C)c1C)c1cccc(Br)c1. The van der Waals surface area contributed by atoms with Crippen LogP contribution in [0.25, 0.3) is 0 Å². The van der Waals surface area contributed by atoms with Crippen molar-refractivity contribution in [2.75, 3.05) is 0 Å². The van der Waals surface area contributed by atoms with E-state index in [0.717, 1.165) is 10.9 Å². The van der Waals surface area contributed by atoms with Gasteiger partial charge in [-0.05, 0) is 38.0 Å². The number of nitrogens with zero attached hydrogens (tertiary/aromatic N) is 2. The van der Waals surface area contributed by atoms with Crippen LogP contribution in [0.4, 0.5) is 0 Å². The van der Waals surface area contributed by atoms with Crippen molar-refractivity contribution >= 4 is 15.9 Å². The molecule has 0 saturated carbocycles. The second-order valence-electron chi connectivity index (χ2n) is 5.21. The molecule has 1 heterocycles. The molecule has 1 N–H and O–H groups in total. The molecular formula is C16H22BrN3. The lowest BCUT2D eigenvalue weighted by molar-refractivity contribution is 0.455. The summed E-state index contributed by atoms with van der Waals surface area (Å²) < 4.78 is 3.05. The largest absolute Gasteiger partial charge is 0.303 e. The molecule has 2 unspecified atom stereocenters. The second-order valence-corrected chi connectivity index (χ2v) is 6.13. The first-order chi connectivity index (χ1) is 9.52. The van der Waals surface area contributed by atoms with Crippen LogP contribution in [0.15, 0.2) is 34.9 Å². The molecule has 20 heavy (non-hydrogen) atoms. The zero-order valence-corrected chi connectivity index (χ0v) is 14.1. The average Bonchev–Trinajstić information content (AvgIpc) is 2.76. The average molecular weight is 336 g/mol. The maximum Gasteiger partial charge on any atom is 0.0540 e. The molecule has 0 aliphatic carbocycles. The molecule has 108 valence electrons. The van der Waals surface area contributed by atoms with E-state index in [1.54, 1.807) is 0 Å². The molecule has 1 aromatic carbocycles. The zero-order chi connectivity index (χ0) is 14.7. The maximum absolute atomic E-state index is 4.33. The van der Waals surface area contributed by atoms with Crippen LogP contribution in [0.5, 0.6) is 0 Å². The minimum absolute atomic E-state index is 0.285. The first kappa shape index (κ1) is 15.3. The minimum atomic E-state index is 0.285. The number of hydrogen-bond donors (Lipinski definition) is 1. The van der Waals surface area contributed by atoms with E-state index in [9.17, 15) is 0 Å². The molecule has 2 rings (SSSR count). The van der Waals surface area contributed by atoms with Crippen molar-refractivity contribution in [3.8, 4) is 0 Å². The van der Waals surface area contributed by atoms with Gasteiger partial charge in [0.25, 0.3) is 0 Å². The van der Waals surface area contributed by atoms with Gasteiger partial charge in [0, 0.05) is 34.9 Å². The van der Waals surface area contributed by atoms with Crippen molar-refractivity contribution in [3.05, 3.63) is 51.8 Å². The summed E-state index contributed by atoms with van der Waals surface area (Å²) in [7, 11) is 1.98. The van der Waals surface area contributed by atoms with Gasteiger partial charge in [0.2, 0.25) is 0 Å². The van der Waals surface area contributed by atoms with Gasteiger partial charge in [0.1, 0.15) is 0 Å². The summed E-state index contributed by atoms with van der Waals surface area (Å²) >= 11 is 3.54. The van der Waals surface area contributed by atoms with E-state index in [2.05, 4.69) is 71.4 Å². The molecule has 0 fully saturated rings. The summed E-state index contributed by atoms with van der Waals surface area (Å²) in [4.78, 5) is 0. The predicted octanol–water partition coefficient (Wildman–Crippen LogP) is 4.29. The fraction of sp³-hybridized carbons (Fsp3) is 0.438. The Labute approximate surface area is 129 Å². The third-order valence-electron chi connectivity index (χ3n) is 3.85. The van der Waals surface area contributed by atoms with Crippen molar-refractivity contribution < 1.29 is 0 Å². The summed E-state index contributed by atoms with van der Waals surface area (Å²) in [6.45, 7) is 6.52. The molecule has 0 bridgehead atoms. The van der Waals surface area contributed by atoms with E-state index in [1.165, 1.54) is 16.8 Å². The lowest BCUT2D eigenvalue weighted by Crippen LogP contribution is -2.24. The van der Waals surface area contributed by atoms with Crippen molar-refractivity contribution in [1.29, 1.82) is 0 Å². The fourth-order valence-electron chi connectivity index (χ4n) is 2.51. The molecule has 0 saturated heterocycles. The van der Waals surface area contributed by atoms with E-state index in [4.69, 9.17) is 0 Å². The third kappa shape index (κ3) is 3.30. The van der Waals surface area contributed by atoms with E-state index in [-0.39, 0.29) is 6.04 Å². The van der Waals surface area contributed by atoms with Gasteiger partial charge in [-0.2, -0.15) is 5.10 Å². The minimum Gasteiger partial charge on any atom is -0.303 e. The summed E-state index contributed by atoms with van der Waals surface area (Å²) in [5.41, 5.74) is 3.80. The lowest BCUT2D eigenvalue weighted by atomic mass is 10.0. The Morgan fingerprint density at radius 1 is 1.40 bits per heavy atom. The van der Waals surface area contributed by atoms with Gasteiger partial charge in [0.05, 0.1) is 6.20 Å².